The largest absolute Gasteiger partial charge is 0.507 e. The van der Waals surface area contributed by atoms with E-state index in [-0.39, 0.29) is 36.1 Å². The van der Waals surface area contributed by atoms with Crippen LogP contribution in [0, 0.1) is 0 Å². The maximum atomic E-state index is 13.5. The Labute approximate surface area is 239 Å². The molecule has 220 valence electrons. The van der Waals surface area contributed by atoms with Crippen LogP contribution >= 0.6 is 0 Å². The summed E-state index contributed by atoms with van der Waals surface area (Å²) >= 11 is 0. The second kappa shape index (κ2) is 16.2. The van der Waals surface area contributed by atoms with Crippen molar-refractivity contribution >= 4 is 28.3 Å². The molecule has 0 aliphatic rings. The zero-order valence-corrected chi connectivity index (χ0v) is 25.3. The summed E-state index contributed by atoms with van der Waals surface area (Å²) in [5.74, 6) is 0.117. The molecule has 2 unspecified atom stereocenters. The first-order chi connectivity index (χ1) is 19.1. The van der Waals surface area contributed by atoms with Gasteiger partial charge in [-0.25, -0.2) is 4.79 Å². The van der Waals surface area contributed by atoms with E-state index in [1.807, 2.05) is 13.8 Å². The summed E-state index contributed by atoms with van der Waals surface area (Å²) in [6.45, 7) is 10.8. The molecule has 2 atom stereocenters. The smallest absolute Gasteiger partial charge is 0.347 e. The van der Waals surface area contributed by atoms with Gasteiger partial charge in [0.15, 0.2) is 17.7 Å². The molecule has 0 bridgehead atoms. The fraction of sp³-hybridized carbons (Fsp3) is 0.516. The van der Waals surface area contributed by atoms with Crippen LogP contribution in [0.25, 0.3) is 0 Å². The summed E-state index contributed by atoms with van der Waals surface area (Å²) in [6, 6.07) is 6.55. The van der Waals surface area contributed by atoms with Gasteiger partial charge in [0.05, 0.1) is 35.1 Å². The van der Waals surface area contributed by atoms with Crippen LogP contribution in [0.15, 0.2) is 29.2 Å². The average Bonchev–Trinajstić information content (AvgIpc) is 2.91. The molecule has 0 saturated carbocycles. The molecule has 9 heteroatoms. The molecule has 0 saturated heterocycles. The number of phenolic OH excluding ortho intramolecular Hbond substituents is 1. The molecule has 1 N–H and O–H groups in total. The number of hydrogen-bond donors (Lipinski definition) is 1. The van der Waals surface area contributed by atoms with Crippen molar-refractivity contribution < 1.29 is 37.9 Å². The first-order valence-electron chi connectivity index (χ1n) is 14.0. The van der Waals surface area contributed by atoms with Gasteiger partial charge in [0.1, 0.15) is 17.2 Å². The second-order valence-corrected chi connectivity index (χ2v) is 11.0. The lowest BCUT2D eigenvalue weighted by Gasteiger charge is -2.22. The van der Waals surface area contributed by atoms with Crippen LogP contribution in [0.2, 0.25) is 0 Å². The molecule has 2 aromatic carbocycles. The Morgan fingerprint density at radius 1 is 0.900 bits per heavy atom. The van der Waals surface area contributed by atoms with E-state index in [2.05, 4.69) is 0 Å². The van der Waals surface area contributed by atoms with Gasteiger partial charge in [-0.05, 0) is 70.7 Å². The number of rotatable bonds is 17. The Bertz CT molecular complexity index is 1220. The minimum Gasteiger partial charge on any atom is -0.507 e. The molecule has 0 aliphatic carbocycles. The normalized spacial score (nSPS) is 12.4. The van der Waals surface area contributed by atoms with Crippen LogP contribution in [0.4, 0.5) is 0 Å². The average molecular weight is 575 g/mol. The molecule has 0 spiro atoms. The molecular formula is C31H42O8S. The Morgan fingerprint density at radius 2 is 1.52 bits per heavy atom. The fourth-order valence-electron chi connectivity index (χ4n) is 4.41. The predicted molar refractivity (Wildman–Crippen MR) is 155 cm³/mol. The fourth-order valence-corrected chi connectivity index (χ4v) is 5.70. The summed E-state index contributed by atoms with van der Waals surface area (Å²) in [7, 11) is -1.42. The first kappa shape index (κ1) is 33.0. The van der Waals surface area contributed by atoms with Crippen LogP contribution in [0.1, 0.15) is 99.1 Å². The predicted octanol–water partition coefficient (Wildman–Crippen LogP) is 6.00. The third kappa shape index (κ3) is 8.40. The minimum atomic E-state index is -1.42. The highest BCUT2D eigenvalue weighted by molar-refractivity contribution is 7.85. The van der Waals surface area contributed by atoms with E-state index >= 15 is 0 Å². The SMILES string of the molecule is CCCc1c(OCCCS(=O)c2ccc(C(C)=O)c(OC(CC)C(=O)OCC)c2CCC)ccc(C(C)=O)c1O. The molecule has 0 aromatic heterocycles. The highest BCUT2D eigenvalue weighted by Gasteiger charge is 2.26. The van der Waals surface area contributed by atoms with Crippen molar-refractivity contribution in [3.05, 3.63) is 46.5 Å². The van der Waals surface area contributed by atoms with Crippen LogP contribution in [0.3, 0.4) is 0 Å². The monoisotopic (exact) mass is 574 g/mol. The van der Waals surface area contributed by atoms with Crippen LogP contribution in [-0.2, 0) is 33.2 Å². The van der Waals surface area contributed by atoms with Crippen molar-refractivity contribution in [2.75, 3.05) is 19.0 Å². The van der Waals surface area contributed by atoms with Gasteiger partial charge in [-0.1, -0.05) is 33.6 Å². The second-order valence-electron chi connectivity index (χ2n) is 9.49. The van der Waals surface area contributed by atoms with E-state index < -0.39 is 22.9 Å². The lowest BCUT2D eigenvalue weighted by molar-refractivity contribution is -0.151. The van der Waals surface area contributed by atoms with Gasteiger partial charge >= 0.3 is 5.97 Å². The van der Waals surface area contributed by atoms with Crippen molar-refractivity contribution in [1.29, 1.82) is 0 Å². The molecule has 0 amide bonds. The molecule has 0 radical (unpaired) electrons. The number of aromatic hydroxyl groups is 1. The van der Waals surface area contributed by atoms with Gasteiger partial charge in [-0.15, -0.1) is 0 Å². The van der Waals surface area contributed by atoms with Crippen molar-refractivity contribution in [3.63, 3.8) is 0 Å². The zero-order valence-electron chi connectivity index (χ0n) is 24.5. The van der Waals surface area contributed by atoms with Crippen LogP contribution in [-0.4, -0.2) is 51.9 Å². The van der Waals surface area contributed by atoms with Crippen LogP contribution < -0.4 is 9.47 Å². The number of carbonyl (C=O) groups excluding carboxylic acids is 3. The van der Waals surface area contributed by atoms with Gasteiger partial charge < -0.3 is 19.3 Å². The molecule has 2 aromatic rings. The molecule has 2 rings (SSSR count). The summed E-state index contributed by atoms with van der Waals surface area (Å²) in [4.78, 5) is 37.3. The maximum absolute atomic E-state index is 13.5. The summed E-state index contributed by atoms with van der Waals surface area (Å²) in [5, 5.41) is 10.6. The Kier molecular flexibility index (Phi) is 13.3. The van der Waals surface area contributed by atoms with Crippen LogP contribution in [0.5, 0.6) is 17.2 Å². The lowest BCUT2D eigenvalue weighted by atomic mass is 10.0. The lowest BCUT2D eigenvalue weighted by Crippen LogP contribution is -2.30. The van der Waals surface area contributed by atoms with Gasteiger partial charge in [0.2, 0.25) is 0 Å². The first-order valence-corrected chi connectivity index (χ1v) is 15.3. The van der Waals surface area contributed by atoms with Gasteiger partial charge in [0, 0.05) is 21.8 Å². The summed E-state index contributed by atoms with van der Waals surface area (Å²) in [5.41, 5.74) is 1.86. The van der Waals surface area contributed by atoms with Crippen molar-refractivity contribution in [2.45, 2.75) is 91.1 Å². The number of Topliss-reactive ketones (excluding diaryl/α,β-unsaturated/α-hetero) is 2. The molecular weight excluding hydrogens is 532 g/mol. The number of phenols is 1. The number of esters is 1. The van der Waals surface area contributed by atoms with E-state index in [9.17, 15) is 23.7 Å². The highest BCUT2D eigenvalue weighted by atomic mass is 32.2. The number of carbonyl (C=O) groups is 3. The maximum Gasteiger partial charge on any atom is 0.347 e. The van der Waals surface area contributed by atoms with Gasteiger partial charge in [-0.2, -0.15) is 0 Å². The van der Waals surface area contributed by atoms with E-state index in [0.29, 0.717) is 64.5 Å². The zero-order chi connectivity index (χ0) is 29.8. The van der Waals surface area contributed by atoms with E-state index in [4.69, 9.17) is 14.2 Å². The summed E-state index contributed by atoms with van der Waals surface area (Å²) < 4.78 is 30.6. The van der Waals surface area contributed by atoms with E-state index in [1.54, 1.807) is 38.1 Å². The number of ketones is 2. The molecule has 40 heavy (non-hydrogen) atoms. The topological polar surface area (TPSA) is 116 Å². The van der Waals surface area contributed by atoms with E-state index in [0.717, 1.165) is 12.8 Å². The minimum absolute atomic E-state index is 0.0501. The van der Waals surface area contributed by atoms with Gasteiger partial charge in [-0.3, -0.25) is 13.8 Å². The van der Waals surface area contributed by atoms with Crippen molar-refractivity contribution in [2.24, 2.45) is 0 Å². The van der Waals surface area contributed by atoms with E-state index in [1.165, 1.54) is 13.8 Å². The van der Waals surface area contributed by atoms with Gasteiger partial charge in [0.25, 0.3) is 0 Å². The molecule has 0 aliphatic heterocycles. The van der Waals surface area contributed by atoms with Crippen molar-refractivity contribution in [3.8, 4) is 17.2 Å². The third-order valence-electron chi connectivity index (χ3n) is 6.37. The Hall–Kier alpha value is -3.20. The van der Waals surface area contributed by atoms with Crippen molar-refractivity contribution in [1.82, 2.24) is 0 Å². The highest BCUT2D eigenvalue weighted by Crippen LogP contribution is 2.34. The summed E-state index contributed by atoms with van der Waals surface area (Å²) in [6.07, 6.45) is 2.51. The quantitative estimate of drug-likeness (QED) is 0.139. The number of benzene rings is 2. The molecule has 0 fully saturated rings. The molecule has 0 heterocycles. The standard InChI is InChI=1S/C31H42O8S/c1-7-12-24-27(16-14-22(20(5)32)29(24)34)38-18-11-19-40(36)28-17-15-23(21(6)33)30(25(28)13-8-2)39-26(9-3)31(35)37-10-4/h14-17,26,34H,7-13,18-19H2,1-6H3. The Balaban J connectivity index is 2.27. The number of hydrogen-bond acceptors (Lipinski definition) is 8. The Morgan fingerprint density at radius 3 is 2.10 bits per heavy atom. The number of ether oxygens (including phenoxy) is 3. The third-order valence-corrected chi connectivity index (χ3v) is 7.91. The molecule has 8 nitrogen and oxygen atoms in total.